The first-order chi connectivity index (χ1) is 9.87. The first-order valence-electron chi connectivity index (χ1n) is 6.85. The van der Waals surface area contributed by atoms with Gasteiger partial charge in [0.2, 0.25) is 5.88 Å². The van der Waals surface area contributed by atoms with Crippen LogP contribution in [0.4, 0.5) is 0 Å². The van der Waals surface area contributed by atoms with Gasteiger partial charge in [-0.3, -0.25) is 0 Å². The van der Waals surface area contributed by atoms with Gasteiger partial charge in [-0.1, -0.05) is 0 Å². The lowest BCUT2D eigenvalue weighted by atomic mass is 10.1. The van der Waals surface area contributed by atoms with E-state index in [-0.39, 0.29) is 5.54 Å². The van der Waals surface area contributed by atoms with Crippen LogP contribution < -0.4 is 10.1 Å². The van der Waals surface area contributed by atoms with Crippen LogP contribution in [0.3, 0.4) is 0 Å². The van der Waals surface area contributed by atoms with E-state index < -0.39 is 0 Å². The van der Waals surface area contributed by atoms with E-state index in [2.05, 4.69) is 46.3 Å². The van der Waals surface area contributed by atoms with Crippen LogP contribution in [0.1, 0.15) is 32.2 Å². The summed E-state index contributed by atoms with van der Waals surface area (Å²) in [7, 11) is 1.56. The molecule has 2 rings (SSSR count). The number of nitrogens with one attached hydrogen (secondary N) is 1. The van der Waals surface area contributed by atoms with Crippen LogP contribution >= 0.6 is 0 Å². The molecule has 0 aliphatic carbocycles. The Labute approximate surface area is 125 Å². The minimum absolute atomic E-state index is 0.0406. The largest absolute Gasteiger partial charge is 0.480 e. The van der Waals surface area contributed by atoms with E-state index in [1.54, 1.807) is 13.2 Å². The molecule has 2 heterocycles. The molecule has 0 atom stereocenters. The molecule has 0 radical (unpaired) electrons. The van der Waals surface area contributed by atoms with Crippen molar-refractivity contribution in [3.05, 3.63) is 29.6 Å². The van der Waals surface area contributed by atoms with Crippen LogP contribution in [0.15, 0.2) is 18.2 Å². The summed E-state index contributed by atoms with van der Waals surface area (Å²) in [5, 5.41) is 11.5. The molecular formula is C15H21N5O. The van der Waals surface area contributed by atoms with E-state index in [4.69, 9.17) is 4.74 Å². The molecule has 0 spiro atoms. The Morgan fingerprint density at radius 2 is 1.90 bits per heavy atom. The van der Waals surface area contributed by atoms with Gasteiger partial charge in [-0.25, -0.2) is 9.97 Å². The van der Waals surface area contributed by atoms with Gasteiger partial charge >= 0.3 is 0 Å². The van der Waals surface area contributed by atoms with E-state index in [1.807, 2.05) is 19.1 Å². The molecule has 112 valence electrons. The summed E-state index contributed by atoms with van der Waals surface area (Å²) in [6.07, 6.45) is 0. The Morgan fingerprint density at radius 1 is 1.14 bits per heavy atom. The van der Waals surface area contributed by atoms with Crippen molar-refractivity contribution in [3.8, 4) is 17.4 Å². The molecule has 21 heavy (non-hydrogen) atoms. The average molecular weight is 287 g/mol. The van der Waals surface area contributed by atoms with Gasteiger partial charge in [0, 0.05) is 23.8 Å². The van der Waals surface area contributed by atoms with E-state index >= 15 is 0 Å². The van der Waals surface area contributed by atoms with Crippen molar-refractivity contribution < 1.29 is 4.74 Å². The molecule has 0 amide bonds. The molecule has 0 aromatic carbocycles. The Bertz CT molecular complexity index is 604. The van der Waals surface area contributed by atoms with E-state index in [1.165, 1.54) is 0 Å². The monoisotopic (exact) mass is 287 g/mol. The lowest BCUT2D eigenvalue weighted by Gasteiger charge is -2.20. The summed E-state index contributed by atoms with van der Waals surface area (Å²) in [4.78, 5) is 8.97. The number of nitrogens with zero attached hydrogens (tertiary/aromatic N) is 4. The fraction of sp³-hybridized carbons (Fsp3) is 0.467. The number of ether oxygens (including phenoxy) is 1. The van der Waals surface area contributed by atoms with Crippen LogP contribution in [0.2, 0.25) is 0 Å². The van der Waals surface area contributed by atoms with Crippen LogP contribution in [0, 0.1) is 6.92 Å². The second kappa shape index (κ2) is 6.13. The van der Waals surface area contributed by atoms with Crippen LogP contribution in [0.5, 0.6) is 5.88 Å². The minimum atomic E-state index is 0.0406. The third-order valence-electron chi connectivity index (χ3n) is 2.79. The van der Waals surface area contributed by atoms with Crippen molar-refractivity contribution >= 4 is 0 Å². The molecule has 6 nitrogen and oxygen atoms in total. The predicted molar refractivity (Wildman–Crippen MR) is 80.9 cm³/mol. The predicted octanol–water partition coefficient (Wildman–Crippen LogP) is 2.14. The Morgan fingerprint density at radius 3 is 2.48 bits per heavy atom. The van der Waals surface area contributed by atoms with Crippen molar-refractivity contribution in [2.24, 2.45) is 0 Å². The zero-order valence-corrected chi connectivity index (χ0v) is 13.1. The molecule has 0 saturated heterocycles. The maximum absolute atomic E-state index is 5.00. The molecule has 0 aliphatic rings. The number of hydrogen-bond acceptors (Lipinski definition) is 6. The standard InChI is InChI=1S/C15H21N5O/c1-10-8-11(9-16-15(2,3)4)18-14(17-10)12-6-7-13(21-5)20-19-12/h6-8,16H,9H2,1-5H3. The van der Waals surface area contributed by atoms with Gasteiger partial charge in [0.15, 0.2) is 5.82 Å². The highest BCUT2D eigenvalue weighted by Gasteiger charge is 2.11. The summed E-state index contributed by atoms with van der Waals surface area (Å²) < 4.78 is 5.00. The highest BCUT2D eigenvalue weighted by Crippen LogP contribution is 2.15. The summed E-state index contributed by atoms with van der Waals surface area (Å²) in [5.41, 5.74) is 2.52. The van der Waals surface area contributed by atoms with Crippen LogP contribution in [-0.2, 0) is 6.54 Å². The molecule has 0 aliphatic heterocycles. The van der Waals surface area contributed by atoms with Gasteiger partial charge < -0.3 is 10.1 Å². The number of hydrogen-bond donors (Lipinski definition) is 1. The fourth-order valence-electron chi connectivity index (χ4n) is 1.74. The lowest BCUT2D eigenvalue weighted by molar-refractivity contribution is 0.392. The molecule has 0 fully saturated rings. The summed E-state index contributed by atoms with van der Waals surface area (Å²) in [6.45, 7) is 9.00. The quantitative estimate of drug-likeness (QED) is 0.928. The Kier molecular flexibility index (Phi) is 4.47. The second-order valence-electron chi connectivity index (χ2n) is 5.89. The van der Waals surface area contributed by atoms with Crippen molar-refractivity contribution in [1.29, 1.82) is 0 Å². The first kappa shape index (κ1) is 15.3. The molecule has 2 aromatic heterocycles. The molecule has 0 unspecified atom stereocenters. The van der Waals surface area contributed by atoms with Gasteiger partial charge in [-0.2, -0.15) is 0 Å². The minimum Gasteiger partial charge on any atom is -0.480 e. The maximum atomic E-state index is 5.00. The summed E-state index contributed by atoms with van der Waals surface area (Å²) >= 11 is 0. The zero-order chi connectivity index (χ0) is 15.5. The van der Waals surface area contributed by atoms with Crippen LogP contribution in [-0.4, -0.2) is 32.8 Å². The molecule has 0 bridgehead atoms. The molecule has 2 aromatic rings. The molecule has 0 saturated carbocycles. The topological polar surface area (TPSA) is 72.8 Å². The highest BCUT2D eigenvalue weighted by atomic mass is 16.5. The van der Waals surface area contributed by atoms with Gasteiger partial charge in [-0.05, 0) is 39.8 Å². The van der Waals surface area contributed by atoms with E-state index in [0.717, 1.165) is 11.4 Å². The first-order valence-corrected chi connectivity index (χ1v) is 6.85. The van der Waals surface area contributed by atoms with Crippen LogP contribution in [0.25, 0.3) is 11.5 Å². The second-order valence-corrected chi connectivity index (χ2v) is 5.89. The number of rotatable bonds is 4. The number of aromatic nitrogens is 4. The number of aryl methyl sites for hydroxylation is 1. The summed E-state index contributed by atoms with van der Waals surface area (Å²) in [6, 6.07) is 5.53. The van der Waals surface area contributed by atoms with Crippen molar-refractivity contribution in [2.75, 3.05) is 7.11 Å². The third-order valence-corrected chi connectivity index (χ3v) is 2.79. The van der Waals surface area contributed by atoms with Crippen molar-refractivity contribution in [1.82, 2.24) is 25.5 Å². The van der Waals surface area contributed by atoms with E-state index in [9.17, 15) is 0 Å². The molecular weight excluding hydrogens is 266 g/mol. The SMILES string of the molecule is COc1ccc(-c2nc(C)cc(CNC(C)(C)C)n2)nn1. The summed E-state index contributed by atoms with van der Waals surface area (Å²) in [5.74, 6) is 1.05. The van der Waals surface area contributed by atoms with Crippen molar-refractivity contribution in [2.45, 2.75) is 39.8 Å². The van der Waals surface area contributed by atoms with Crippen molar-refractivity contribution in [3.63, 3.8) is 0 Å². The Balaban J connectivity index is 2.25. The van der Waals surface area contributed by atoms with Gasteiger partial charge in [0.05, 0.1) is 12.8 Å². The molecule has 6 heteroatoms. The number of methoxy groups -OCH3 is 1. The average Bonchev–Trinajstić information content (AvgIpc) is 2.44. The molecule has 1 N–H and O–H groups in total. The fourth-order valence-corrected chi connectivity index (χ4v) is 1.74. The maximum Gasteiger partial charge on any atom is 0.233 e. The third kappa shape index (κ3) is 4.46. The van der Waals surface area contributed by atoms with Gasteiger partial charge in [0.1, 0.15) is 5.69 Å². The zero-order valence-electron chi connectivity index (χ0n) is 13.1. The Hall–Kier alpha value is -2.08. The highest BCUT2D eigenvalue weighted by molar-refractivity contribution is 5.48. The van der Waals surface area contributed by atoms with E-state index in [0.29, 0.717) is 23.9 Å². The smallest absolute Gasteiger partial charge is 0.233 e. The lowest BCUT2D eigenvalue weighted by Crippen LogP contribution is -2.35. The van der Waals surface area contributed by atoms with Gasteiger partial charge in [0.25, 0.3) is 0 Å². The normalized spacial score (nSPS) is 11.5. The van der Waals surface area contributed by atoms with Gasteiger partial charge in [-0.15, -0.1) is 10.2 Å².